The quantitative estimate of drug-likeness (QED) is 0.875. The van der Waals surface area contributed by atoms with Gasteiger partial charge in [-0.05, 0) is 50.1 Å². The van der Waals surface area contributed by atoms with Crippen LogP contribution in [-0.4, -0.2) is 30.8 Å². The van der Waals surface area contributed by atoms with Gasteiger partial charge in [-0.3, -0.25) is 0 Å². The number of anilines is 1. The third kappa shape index (κ3) is 3.95. The summed E-state index contributed by atoms with van der Waals surface area (Å²) in [4.78, 5) is 2.27. The van der Waals surface area contributed by atoms with Crippen molar-refractivity contribution in [1.82, 2.24) is 5.32 Å². The number of halogens is 1. The van der Waals surface area contributed by atoms with Gasteiger partial charge in [0.1, 0.15) is 5.82 Å². The van der Waals surface area contributed by atoms with Crippen LogP contribution < -0.4 is 10.2 Å². The van der Waals surface area contributed by atoms with Crippen molar-refractivity contribution in [3.8, 4) is 0 Å². The van der Waals surface area contributed by atoms with Crippen molar-refractivity contribution in [2.45, 2.75) is 51.6 Å². The third-order valence-corrected chi connectivity index (χ3v) is 4.36. The Kier molecular flexibility index (Phi) is 6.00. The van der Waals surface area contributed by atoms with Crippen molar-refractivity contribution in [2.75, 3.05) is 24.6 Å². The summed E-state index contributed by atoms with van der Waals surface area (Å²) in [5, 5.41) is 13.1. The first kappa shape index (κ1) is 16.2. The summed E-state index contributed by atoms with van der Waals surface area (Å²) < 4.78 is 13.7. The number of benzene rings is 1. The molecule has 1 aliphatic heterocycles. The average Bonchev–Trinajstić information content (AvgIpc) is 2.72. The van der Waals surface area contributed by atoms with Crippen LogP contribution >= 0.6 is 0 Å². The zero-order valence-corrected chi connectivity index (χ0v) is 13.1. The highest BCUT2D eigenvalue weighted by Gasteiger charge is 2.24. The minimum atomic E-state index is -0.200. The van der Waals surface area contributed by atoms with Crippen LogP contribution in [-0.2, 0) is 0 Å². The third-order valence-electron chi connectivity index (χ3n) is 4.36. The second-order valence-electron chi connectivity index (χ2n) is 5.86. The highest BCUT2D eigenvalue weighted by Crippen LogP contribution is 2.31. The minimum Gasteiger partial charge on any atom is -0.394 e. The van der Waals surface area contributed by atoms with E-state index in [0.29, 0.717) is 0 Å². The van der Waals surface area contributed by atoms with Crippen LogP contribution in [0, 0.1) is 5.82 Å². The number of rotatable bonds is 5. The highest BCUT2D eigenvalue weighted by molar-refractivity contribution is 5.56. The van der Waals surface area contributed by atoms with E-state index in [2.05, 4.69) is 24.1 Å². The molecule has 1 aromatic carbocycles. The molecule has 1 saturated heterocycles. The summed E-state index contributed by atoms with van der Waals surface area (Å²) in [7, 11) is 0. The van der Waals surface area contributed by atoms with Gasteiger partial charge in [-0.25, -0.2) is 4.39 Å². The van der Waals surface area contributed by atoms with Crippen molar-refractivity contribution in [2.24, 2.45) is 0 Å². The Hall–Kier alpha value is -1.13. The molecule has 1 aromatic rings. The molecule has 2 N–H and O–H groups in total. The predicted octanol–water partition coefficient (Wildman–Crippen LogP) is 3.24. The summed E-state index contributed by atoms with van der Waals surface area (Å²) in [5.74, 6) is -0.200. The van der Waals surface area contributed by atoms with Gasteiger partial charge in [0.05, 0.1) is 12.6 Å². The maximum absolute atomic E-state index is 13.7. The van der Waals surface area contributed by atoms with Crippen LogP contribution in [0.3, 0.4) is 0 Å². The molecule has 1 heterocycles. The van der Waals surface area contributed by atoms with Crippen LogP contribution in [0.5, 0.6) is 0 Å². The van der Waals surface area contributed by atoms with Crippen LogP contribution in [0.15, 0.2) is 18.2 Å². The standard InChI is InChI=1S/C17H27FN2O/c1-3-19-13(2)16-11-14(18)8-9-17(16)20-10-6-4-5-7-15(20)12-21/h8-9,11,13,15,19,21H,3-7,10,12H2,1-2H3. The number of hydrogen-bond acceptors (Lipinski definition) is 3. The van der Waals surface area contributed by atoms with E-state index >= 15 is 0 Å². The van der Waals surface area contributed by atoms with Gasteiger partial charge in [-0.15, -0.1) is 0 Å². The van der Waals surface area contributed by atoms with Crippen LogP contribution in [0.4, 0.5) is 10.1 Å². The van der Waals surface area contributed by atoms with Gasteiger partial charge in [-0.1, -0.05) is 19.8 Å². The van der Waals surface area contributed by atoms with Gasteiger partial charge in [0.15, 0.2) is 0 Å². The summed E-state index contributed by atoms with van der Waals surface area (Å²) in [6.07, 6.45) is 4.49. The monoisotopic (exact) mass is 294 g/mol. The summed E-state index contributed by atoms with van der Waals surface area (Å²) in [6.45, 7) is 6.06. The second kappa shape index (κ2) is 7.76. The van der Waals surface area contributed by atoms with Gasteiger partial charge in [0.25, 0.3) is 0 Å². The number of hydrogen-bond donors (Lipinski definition) is 2. The molecule has 0 amide bonds. The number of nitrogens with zero attached hydrogens (tertiary/aromatic N) is 1. The average molecular weight is 294 g/mol. The van der Waals surface area contributed by atoms with E-state index < -0.39 is 0 Å². The molecule has 2 atom stereocenters. The zero-order chi connectivity index (χ0) is 15.2. The lowest BCUT2D eigenvalue weighted by Crippen LogP contribution is -2.38. The van der Waals surface area contributed by atoms with E-state index in [1.54, 1.807) is 6.07 Å². The Morgan fingerprint density at radius 2 is 2.19 bits per heavy atom. The fourth-order valence-corrected chi connectivity index (χ4v) is 3.23. The number of aliphatic hydroxyl groups is 1. The lowest BCUT2D eigenvalue weighted by atomic mass is 10.0. The van der Waals surface area contributed by atoms with Gasteiger partial charge in [0, 0.05) is 18.3 Å². The molecule has 1 fully saturated rings. The lowest BCUT2D eigenvalue weighted by Gasteiger charge is -2.34. The molecular weight excluding hydrogens is 267 g/mol. The molecule has 0 radical (unpaired) electrons. The molecular formula is C17H27FN2O. The Labute approximate surface area is 127 Å². The van der Waals surface area contributed by atoms with E-state index in [9.17, 15) is 9.50 Å². The minimum absolute atomic E-state index is 0.100. The van der Waals surface area contributed by atoms with Crippen molar-refractivity contribution < 1.29 is 9.50 Å². The molecule has 2 unspecified atom stereocenters. The molecule has 0 aromatic heterocycles. The van der Waals surface area contributed by atoms with Crippen LogP contribution in [0.1, 0.15) is 51.1 Å². The number of aliphatic hydroxyl groups excluding tert-OH is 1. The molecule has 4 heteroatoms. The van der Waals surface area contributed by atoms with E-state index in [1.807, 2.05) is 6.07 Å². The Balaban J connectivity index is 2.35. The largest absolute Gasteiger partial charge is 0.394 e. The Morgan fingerprint density at radius 1 is 1.38 bits per heavy atom. The van der Waals surface area contributed by atoms with E-state index in [1.165, 1.54) is 12.5 Å². The smallest absolute Gasteiger partial charge is 0.123 e. The first-order chi connectivity index (χ1) is 10.2. The van der Waals surface area contributed by atoms with Crippen molar-refractivity contribution in [1.29, 1.82) is 0 Å². The topological polar surface area (TPSA) is 35.5 Å². The first-order valence-electron chi connectivity index (χ1n) is 8.07. The maximum Gasteiger partial charge on any atom is 0.123 e. The van der Waals surface area contributed by atoms with Crippen molar-refractivity contribution in [3.63, 3.8) is 0 Å². The van der Waals surface area contributed by atoms with Gasteiger partial charge >= 0.3 is 0 Å². The van der Waals surface area contributed by atoms with Crippen LogP contribution in [0.2, 0.25) is 0 Å². The molecule has 0 saturated carbocycles. The van der Waals surface area contributed by atoms with Gasteiger partial charge in [0.2, 0.25) is 0 Å². The Morgan fingerprint density at radius 3 is 2.90 bits per heavy atom. The SMILES string of the molecule is CCNC(C)c1cc(F)ccc1N1CCCCCC1CO. The molecule has 118 valence electrons. The fraction of sp³-hybridized carbons (Fsp3) is 0.647. The molecule has 0 spiro atoms. The van der Waals surface area contributed by atoms with Crippen molar-refractivity contribution in [3.05, 3.63) is 29.6 Å². The van der Waals surface area contributed by atoms with E-state index in [4.69, 9.17) is 0 Å². The summed E-state index contributed by atoms with van der Waals surface area (Å²) in [6, 6.07) is 5.26. The van der Waals surface area contributed by atoms with E-state index in [0.717, 1.165) is 43.6 Å². The summed E-state index contributed by atoms with van der Waals surface area (Å²) >= 11 is 0. The molecule has 0 aliphatic carbocycles. The zero-order valence-electron chi connectivity index (χ0n) is 13.1. The lowest BCUT2D eigenvalue weighted by molar-refractivity contribution is 0.255. The highest BCUT2D eigenvalue weighted by atomic mass is 19.1. The van der Waals surface area contributed by atoms with Crippen molar-refractivity contribution >= 4 is 5.69 Å². The molecule has 2 rings (SSSR count). The summed E-state index contributed by atoms with van der Waals surface area (Å²) in [5.41, 5.74) is 2.04. The Bertz CT molecular complexity index is 452. The fourth-order valence-electron chi connectivity index (χ4n) is 3.23. The van der Waals surface area contributed by atoms with Gasteiger partial charge in [-0.2, -0.15) is 0 Å². The number of nitrogens with one attached hydrogen (secondary N) is 1. The van der Waals surface area contributed by atoms with Crippen LogP contribution in [0.25, 0.3) is 0 Å². The van der Waals surface area contributed by atoms with E-state index in [-0.39, 0.29) is 24.5 Å². The molecule has 1 aliphatic rings. The van der Waals surface area contributed by atoms with Gasteiger partial charge < -0.3 is 15.3 Å². The maximum atomic E-state index is 13.7. The molecule has 0 bridgehead atoms. The predicted molar refractivity (Wildman–Crippen MR) is 85.2 cm³/mol. The molecule has 21 heavy (non-hydrogen) atoms. The first-order valence-corrected chi connectivity index (χ1v) is 8.07. The second-order valence-corrected chi connectivity index (χ2v) is 5.86. The normalized spacial score (nSPS) is 21.1. The molecule has 3 nitrogen and oxygen atoms in total.